The van der Waals surface area contributed by atoms with Gasteiger partial charge in [0.05, 0.1) is 29.2 Å². The van der Waals surface area contributed by atoms with Crippen molar-refractivity contribution in [3.63, 3.8) is 0 Å². The van der Waals surface area contributed by atoms with E-state index in [-0.39, 0.29) is 0 Å². The monoisotopic (exact) mass is 649 g/mol. The number of aromatic nitrogens is 5. The Morgan fingerprint density at radius 1 is 1.02 bits per heavy atom. The van der Waals surface area contributed by atoms with Crippen LogP contribution in [0.15, 0.2) is 55.1 Å². The lowest BCUT2D eigenvalue weighted by Gasteiger charge is -2.37. The average Bonchev–Trinajstić information content (AvgIpc) is 3.83. The van der Waals surface area contributed by atoms with Crippen LogP contribution in [0.25, 0.3) is 27.6 Å². The van der Waals surface area contributed by atoms with E-state index >= 15 is 0 Å². The highest BCUT2D eigenvalue weighted by molar-refractivity contribution is 7.65. The molecule has 3 aromatic heterocycles. The van der Waals surface area contributed by atoms with Crippen molar-refractivity contribution in [1.82, 2.24) is 35.1 Å². The molecule has 0 bridgehead atoms. The smallest absolute Gasteiger partial charge is 0.231 e. The van der Waals surface area contributed by atoms with Gasteiger partial charge in [0.2, 0.25) is 5.95 Å². The van der Waals surface area contributed by atoms with Gasteiger partial charge in [-0.25, -0.2) is 0 Å². The fraction of sp³-hybridized carbons (Fsp3) is 0.324. The molecule has 4 heterocycles. The van der Waals surface area contributed by atoms with Gasteiger partial charge in [0.25, 0.3) is 0 Å². The SMILES string of the molecule is CN/C=C(\C=N)c1cc(Nc2nc(Nc3ccc4nccnc4c3P(C)C)c3cc[nH]c3n2)c(OC)cc1N1CCN(C2CC2)CC1. The molecule has 13 heteroatoms. The molecule has 242 valence electrons. The van der Waals surface area contributed by atoms with Gasteiger partial charge in [-0.05, 0) is 50.4 Å². The predicted octanol–water partition coefficient (Wildman–Crippen LogP) is 5.26. The van der Waals surface area contributed by atoms with Gasteiger partial charge in [-0.15, -0.1) is 0 Å². The number of H-pyrrole nitrogens is 1. The molecule has 0 radical (unpaired) electrons. The van der Waals surface area contributed by atoms with Crippen molar-refractivity contribution in [3.8, 4) is 5.75 Å². The fourth-order valence-corrected chi connectivity index (χ4v) is 7.57. The zero-order valence-electron chi connectivity index (χ0n) is 27.1. The predicted molar refractivity (Wildman–Crippen MR) is 194 cm³/mol. The lowest BCUT2D eigenvalue weighted by atomic mass is 10.0. The number of hydrogen-bond acceptors (Lipinski definition) is 11. The number of allylic oxidation sites excluding steroid dienone is 1. The van der Waals surface area contributed by atoms with Crippen molar-refractivity contribution in [2.45, 2.75) is 18.9 Å². The van der Waals surface area contributed by atoms with Gasteiger partial charge in [-0.2, -0.15) is 9.97 Å². The average molecular weight is 650 g/mol. The maximum Gasteiger partial charge on any atom is 0.231 e. The minimum Gasteiger partial charge on any atom is -0.494 e. The van der Waals surface area contributed by atoms with Crippen molar-refractivity contribution < 1.29 is 4.74 Å². The third kappa shape index (κ3) is 6.18. The summed E-state index contributed by atoms with van der Waals surface area (Å²) in [5, 5.41) is 20.4. The summed E-state index contributed by atoms with van der Waals surface area (Å²) in [7, 11) is 3.02. The highest BCUT2D eigenvalue weighted by Crippen LogP contribution is 2.40. The lowest BCUT2D eigenvalue weighted by Crippen LogP contribution is -2.47. The molecule has 2 aromatic carbocycles. The summed E-state index contributed by atoms with van der Waals surface area (Å²) < 4.78 is 5.95. The number of aromatic amines is 1. The molecule has 1 saturated heterocycles. The van der Waals surface area contributed by atoms with Gasteiger partial charge >= 0.3 is 0 Å². The maximum atomic E-state index is 8.25. The van der Waals surface area contributed by atoms with Gasteiger partial charge in [0.1, 0.15) is 17.2 Å². The summed E-state index contributed by atoms with van der Waals surface area (Å²) in [5.74, 6) is 1.74. The number of methoxy groups -OCH3 is 1. The highest BCUT2D eigenvalue weighted by atomic mass is 31.1. The number of nitrogens with zero attached hydrogens (tertiary/aromatic N) is 6. The molecular formula is C34H40N11OP. The van der Waals surface area contributed by atoms with E-state index in [1.54, 1.807) is 19.5 Å². The summed E-state index contributed by atoms with van der Waals surface area (Å²) in [6.45, 7) is 8.34. The Labute approximate surface area is 275 Å². The second-order valence-corrected chi connectivity index (χ2v) is 14.3. The van der Waals surface area contributed by atoms with Crippen LogP contribution < -0.4 is 30.9 Å². The van der Waals surface area contributed by atoms with E-state index in [1.165, 1.54) is 19.1 Å². The van der Waals surface area contributed by atoms with Gasteiger partial charge in [-0.1, -0.05) is 7.92 Å². The zero-order valence-corrected chi connectivity index (χ0v) is 28.0. The Balaban J connectivity index is 1.26. The Morgan fingerprint density at radius 2 is 1.83 bits per heavy atom. The van der Waals surface area contributed by atoms with E-state index in [2.05, 4.69) is 60.1 Å². The molecule has 1 aliphatic heterocycles. The van der Waals surface area contributed by atoms with E-state index in [0.717, 1.165) is 76.5 Å². The Kier molecular flexibility index (Phi) is 8.62. The first-order chi connectivity index (χ1) is 23.0. The van der Waals surface area contributed by atoms with Crippen LogP contribution in [0.2, 0.25) is 0 Å². The summed E-state index contributed by atoms with van der Waals surface area (Å²) in [4.78, 5) is 27.2. The molecule has 1 aliphatic carbocycles. The van der Waals surface area contributed by atoms with Gasteiger partial charge < -0.3 is 36.0 Å². The van der Waals surface area contributed by atoms with Crippen molar-refractivity contribution in [2.75, 3.05) is 69.2 Å². The molecule has 47 heavy (non-hydrogen) atoms. The highest BCUT2D eigenvalue weighted by Gasteiger charge is 2.32. The van der Waals surface area contributed by atoms with E-state index in [1.807, 2.05) is 43.7 Å². The minimum absolute atomic E-state index is 0.406. The molecule has 0 unspecified atom stereocenters. The topological polar surface area (TPSA) is 143 Å². The van der Waals surface area contributed by atoms with Crippen LogP contribution in [0.5, 0.6) is 5.75 Å². The summed E-state index contributed by atoms with van der Waals surface area (Å²) >= 11 is 0. The van der Waals surface area contributed by atoms with Crippen molar-refractivity contribution in [1.29, 1.82) is 5.41 Å². The standard InChI is InChI=1S/C34H40N11OP/c1-36-20-21(19-35)24-17-27(29(46-2)18-28(24)45-15-13-44(14-16-45)22-5-6-22)41-34-42-32-23(9-10-39-32)33(43-34)40-26-8-7-25-30(31(26)47(3)4)38-12-11-37-25/h7-12,17-20,22,35-36H,5-6,13-16H2,1-4H3,(H3,39,40,41,42,43)/b21-20+,35-19?. The van der Waals surface area contributed by atoms with Crippen molar-refractivity contribution >= 4 is 75.9 Å². The molecule has 1 saturated carbocycles. The molecule has 5 N–H and O–H groups in total. The molecule has 0 spiro atoms. The lowest BCUT2D eigenvalue weighted by molar-refractivity contribution is 0.248. The summed E-state index contributed by atoms with van der Waals surface area (Å²) in [5.41, 5.74) is 6.85. The van der Waals surface area contributed by atoms with Crippen LogP contribution >= 0.6 is 7.92 Å². The van der Waals surface area contributed by atoms with E-state index in [9.17, 15) is 0 Å². The third-order valence-electron chi connectivity index (χ3n) is 8.78. The number of fused-ring (bicyclic) bond motifs is 2. The van der Waals surface area contributed by atoms with Crippen LogP contribution in [-0.4, -0.2) is 95.7 Å². The van der Waals surface area contributed by atoms with E-state index in [4.69, 9.17) is 20.1 Å². The molecule has 5 aromatic rings. The minimum atomic E-state index is -0.509. The van der Waals surface area contributed by atoms with Crippen molar-refractivity contribution in [2.24, 2.45) is 0 Å². The fourth-order valence-electron chi connectivity index (χ4n) is 6.36. The first-order valence-electron chi connectivity index (χ1n) is 15.9. The second-order valence-electron chi connectivity index (χ2n) is 12.0. The number of nitrogens with one attached hydrogen (secondary N) is 5. The summed E-state index contributed by atoms with van der Waals surface area (Å²) in [6.07, 6.45) is 11.2. The van der Waals surface area contributed by atoms with Crippen LogP contribution in [0.3, 0.4) is 0 Å². The molecule has 0 atom stereocenters. The van der Waals surface area contributed by atoms with Gasteiger partial charge in [0, 0.05) is 104 Å². The summed E-state index contributed by atoms with van der Waals surface area (Å²) in [6, 6.07) is 10.9. The molecule has 7 rings (SSSR count). The number of anilines is 5. The Bertz CT molecular complexity index is 1960. The molecule has 2 aliphatic rings. The number of benzene rings is 2. The first kappa shape index (κ1) is 30.8. The van der Waals surface area contributed by atoms with Crippen LogP contribution in [0, 0.1) is 5.41 Å². The van der Waals surface area contributed by atoms with Crippen molar-refractivity contribution in [3.05, 3.63) is 60.7 Å². The zero-order chi connectivity index (χ0) is 32.5. The van der Waals surface area contributed by atoms with Gasteiger partial charge in [0.15, 0.2) is 0 Å². The molecule has 0 amide bonds. The normalized spacial score (nSPS) is 15.8. The van der Waals surface area contributed by atoms with E-state index in [0.29, 0.717) is 28.9 Å². The maximum absolute atomic E-state index is 8.25. The largest absolute Gasteiger partial charge is 0.494 e. The van der Waals surface area contributed by atoms with E-state index < -0.39 is 7.92 Å². The van der Waals surface area contributed by atoms with Crippen LogP contribution in [0.1, 0.15) is 18.4 Å². The molecule has 2 fully saturated rings. The van der Waals surface area contributed by atoms with Crippen LogP contribution in [0.4, 0.5) is 28.8 Å². The third-order valence-corrected chi connectivity index (χ3v) is 10.1. The molecule has 12 nitrogen and oxygen atoms in total. The number of ether oxygens (including phenoxy) is 1. The quantitative estimate of drug-likeness (QED) is 0.0950. The number of rotatable bonds is 11. The Hall–Kier alpha value is -4.80. The second kappa shape index (κ2) is 13.1. The number of hydrogen-bond donors (Lipinski definition) is 5. The van der Waals surface area contributed by atoms with Gasteiger partial charge in [-0.3, -0.25) is 14.9 Å². The molecular weight excluding hydrogens is 609 g/mol. The number of piperazine rings is 1. The Morgan fingerprint density at radius 3 is 2.55 bits per heavy atom. The van der Waals surface area contributed by atoms with Crippen LogP contribution in [-0.2, 0) is 0 Å². The first-order valence-corrected chi connectivity index (χ1v) is 18.1.